The van der Waals surface area contributed by atoms with Gasteiger partial charge in [0.15, 0.2) is 6.29 Å². The Hall–Kier alpha value is -1.46. The number of hydrogen-bond acceptors (Lipinski definition) is 11. The van der Waals surface area contributed by atoms with Crippen LogP contribution in [-0.4, -0.2) is 107 Å². The molecule has 0 spiro atoms. The van der Waals surface area contributed by atoms with Gasteiger partial charge >= 0.3 is 10.4 Å². The average Bonchev–Trinajstić information content (AvgIpc) is 3.11. The number of ether oxygens (including phenoxy) is 2. The summed E-state index contributed by atoms with van der Waals surface area (Å²) in [6.07, 6.45) is 19.2. The Morgan fingerprint density at radius 1 is 0.769 bits per heavy atom. The Morgan fingerprint density at radius 3 is 1.83 bits per heavy atom. The predicted octanol–water partition coefficient (Wildman–Crippen LogP) is 5.18. The van der Waals surface area contributed by atoms with Gasteiger partial charge in [0.25, 0.3) is 0 Å². The van der Waals surface area contributed by atoms with Gasteiger partial charge in [-0.15, -0.1) is 0 Å². The normalized spacial score (nSPS) is 23.0. The molecule has 1 rings (SSSR count). The van der Waals surface area contributed by atoms with Crippen molar-refractivity contribution >= 4 is 16.3 Å². The fraction of sp³-hybridized carbons (Fsp3) is 0.868. The van der Waals surface area contributed by atoms with Crippen LogP contribution in [0.3, 0.4) is 0 Å². The smallest absolute Gasteiger partial charge is 0.394 e. The molecule has 0 saturated carbocycles. The van der Waals surface area contributed by atoms with Crippen molar-refractivity contribution in [3.8, 4) is 0 Å². The first-order chi connectivity index (χ1) is 24.9. The van der Waals surface area contributed by atoms with Crippen molar-refractivity contribution in [2.75, 3.05) is 13.2 Å². The summed E-state index contributed by atoms with van der Waals surface area (Å²) < 4.78 is 47.0. The minimum Gasteiger partial charge on any atom is -0.394 e. The summed E-state index contributed by atoms with van der Waals surface area (Å²) >= 11 is 0. The van der Waals surface area contributed by atoms with E-state index in [0.29, 0.717) is 12.8 Å². The Labute approximate surface area is 313 Å². The molecule has 52 heavy (non-hydrogen) atoms. The zero-order chi connectivity index (χ0) is 38.6. The second-order valence-electron chi connectivity index (χ2n) is 14.0. The molecule has 1 heterocycles. The van der Waals surface area contributed by atoms with Crippen molar-refractivity contribution in [2.45, 2.75) is 198 Å². The number of allylic oxidation sites excluding steroid dienone is 3. The quantitative estimate of drug-likeness (QED) is 0.0268. The van der Waals surface area contributed by atoms with Gasteiger partial charge in [-0.3, -0.25) is 9.35 Å². The lowest BCUT2D eigenvalue weighted by molar-refractivity contribution is -0.298. The maximum absolute atomic E-state index is 12.9. The molecule has 0 aromatic carbocycles. The van der Waals surface area contributed by atoms with Gasteiger partial charge < -0.3 is 40.3 Å². The summed E-state index contributed by atoms with van der Waals surface area (Å²) in [5.74, 6) is -0.716. The van der Waals surface area contributed by atoms with E-state index in [0.717, 1.165) is 64.2 Å². The van der Waals surface area contributed by atoms with Crippen LogP contribution < -0.4 is 5.32 Å². The summed E-state index contributed by atoms with van der Waals surface area (Å²) in [5.41, 5.74) is 0. The molecule has 0 aromatic rings. The minimum atomic E-state index is -5.11. The highest BCUT2D eigenvalue weighted by Crippen LogP contribution is 2.26. The molecular formula is C38H71NO12S. The lowest BCUT2D eigenvalue weighted by Crippen LogP contribution is -2.61. The van der Waals surface area contributed by atoms with E-state index in [2.05, 4.69) is 35.5 Å². The zero-order valence-corrected chi connectivity index (χ0v) is 32.5. The van der Waals surface area contributed by atoms with Crippen molar-refractivity contribution in [1.29, 1.82) is 0 Å². The van der Waals surface area contributed by atoms with Crippen molar-refractivity contribution in [3.05, 3.63) is 24.3 Å². The Morgan fingerprint density at radius 2 is 1.27 bits per heavy atom. The first kappa shape index (κ1) is 48.6. The molecule has 0 aliphatic carbocycles. The third-order valence-electron chi connectivity index (χ3n) is 9.33. The van der Waals surface area contributed by atoms with Gasteiger partial charge in [-0.05, 0) is 44.9 Å². The van der Waals surface area contributed by atoms with Crippen LogP contribution in [0, 0.1) is 0 Å². The standard InChI is InChI=1S/C38H71NO12S/c1-3-5-7-9-10-11-12-13-14-15-16-17-18-19-20-21-23-25-27-32(42)37(45)39-30(31(41)26-24-22-8-6-4-2)29-49-38-35(44)36(51-52(46,47)48)34(43)33(28-40)50-38/h15-16,24,26,30-36,38,40-44H,3-14,17-23,25,27-29H2,1-2H3,(H,39,45)(H,46,47,48)/b16-15-,26-24+. The van der Waals surface area contributed by atoms with Gasteiger partial charge in [0, 0.05) is 0 Å². The molecule has 0 aromatic heterocycles. The molecule has 8 atom stereocenters. The third-order valence-corrected chi connectivity index (χ3v) is 9.80. The SMILES string of the molecule is CCCCC/C=C/C(O)C(COC1OC(CO)C(O)C(OS(=O)(=O)O)C1O)NC(=O)C(O)CCCCCCCC/C=C\CCCCCCCCCC. The molecule has 7 N–H and O–H groups in total. The fourth-order valence-corrected chi connectivity index (χ4v) is 6.61. The number of rotatable bonds is 32. The second kappa shape index (κ2) is 29.8. The van der Waals surface area contributed by atoms with Crippen LogP contribution >= 0.6 is 0 Å². The summed E-state index contributed by atoms with van der Waals surface area (Å²) in [4.78, 5) is 12.9. The van der Waals surface area contributed by atoms with Crippen molar-refractivity contribution in [3.63, 3.8) is 0 Å². The zero-order valence-electron chi connectivity index (χ0n) is 31.7. The van der Waals surface area contributed by atoms with Crippen LogP contribution in [0.4, 0.5) is 0 Å². The summed E-state index contributed by atoms with van der Waals surface area (Å²) in [5, 5.41) is 54.5. The van der Waals surface area contributed by atoms with Gasteiger partial charge in [-0.1, -0.05) is 128 Å². The predicted molar refractivity (Wildman–Crippen MR) is 201 cm³/mol. The molecule has 1 amide bonds. The van der Waals surface area contributed by atoms with Crippen LogP contribution in [0.5, 0.6) is 0 Å². The Kier molecular flexibility index (Phi) is 27.9. The topological polar surface area (TPSA) is 212 Å². The van der Waals surface area contributed by atoms with Gasteiger partial charge in [0.2, 0.25) is 5.91 Å². The Bertz CT molecular complexity index is 1060. The van der Waals surface area contributed by atoms with E-state index in [1.165, 1.54) is 57.4 Å². The highest BCUT2D eigenvalue weighted by Gasteiger charge is 2.48. The van der Waals surface area contributed by atoms with Gasteiger partial charge in [0.1, 0.15) is 30.5 Å². The molecule has 1 aliphatic heterocycles. The van der Waals surface area contributed by atoms with E-state index in [1.807, 2.05) is 0 Å². The molecule has 0 radical (unpaired) electrons. The summed E-state index contributed by atoms with van der Waals surface area (Å²) in [6.45, 7) is 3.04. The third kappa shape index (κ3) is 22.7. The lowest BCUT2D eigenvalue weighted by atomic mass is 9.99. The van der Waals surface area contributed by atoms with Gasteiger partial charge in [-0.2, -0.15) is 8.42 Å². The molecule has 306 valence electrons. The lowest BCUT2D eigenvalue weighted by Gasteiger charge is -2.41. The average molecular weight is 766 g/mol. The number of unbranched alkanes of at least 4 members (excludes halogenated alkanes) is 17. The summed E-state index contributed by atoms with van der Waals surface area (Å²) in [6, 6.07) is -1.12. The molecule has 14 heteroatoms. The second-order valence-corrected chi connectivity index (χ2v) is 15.1. The number of carbonyl (C=O) groups is 1. The number of amides is 1. The molecule has 1 aliphatic rings. The van der Waals surface area contributed by atoms with Crippen LogP contribution in [0.2, 0.25) is 0 Å². The highest BCUT2D eigenvalue weighted by molar-refractivity contribution is 7.80. The number of aliphatic hydroxyl groups excluding tert-OH is 5. The van der Waals surface area contributed by atoms with Crippen LogP contribution in [0.15, 0.2) is 24.3 Å². The van der Waals surface area contributed by atoms with Gasteiger partial charge in [-0.25, -0.2) is 4.18 Å². The van der Waals surface area contributed by atoms with E-state index < -0.39 is 78.5 Å². The molecule has 13 nitrogen and oxygen atoms in total. The van der Waals surface area contributed by atoms with E-state index in [4.69, 9.17) is 14.0 Å². The highest BCUT2D eigenvalue weighted by atomic mass is 32.3. The maximum atomic E-state index is 12.9. The fourth-order valence-electron chi connectivity index (χ4n) is 6.10. The number of hydrogen-bond donors (Lipinski definition) is 7. The number of nitrogens with one attached hydrogen (secondary N) is 1. The van der Waals surface area contributed by atoms with Crippen molar-refractivity contribution in [2.24, 2.45) is 0 Å². The van der Waals surface area contributed by atoms with E-state index >= 15 is 0 Å². The van der Waals surface area contributed by atoms with Crippen LogP contribution in [0.25, 0.3) is 0 Å². The van der Waals surface area contributed by atoms with E-state index in [-0.39, 0.29) is 6.42 Å². The largest absolute Gasteiger partial charge is 0.397 e. The molecule has 0 bridgehead atoms. The van der Waals surface area contributed by atoms with Gasteiger partial charge in [0.05, 0.1) is 25.4 Å². The van der Waals surface area contributed by atoms with Crippen LogP contribution in [0.1, 0.15) is 149 Å². The monoisotopic (exact) mass is 765 g/mol. The first-order valence-electron chi connectivity index (χ1n) is 19.8. The number of carbonyl (C=O) groups excluding carboxylic acids is 1. The van der Waals surface area contributed by atoms with Crippen molar-refractivity contribution in [1.82, 2.24) is 5.32 Å². The van der Waals surface area contributed by atoms with E-state index in [9.17, 15) is 38.7 Å². The Balaban J connectivity index is 2.50. The molecule has 8 unspecified atom stereocenters. The van der Waals surface area contributed by atoms with Crippen molar-refractivity contribution < 1.29 is 57.0 Å². The maximum Gasteiger partial charge on any atom is 0.397 e. The molecular weight excluding hydrogens is 694 g/mol. The summed E-state index contributed by atoms with van der Waals surface area (Å²) in [7, 11) is -5.11. The first-order valence-corrected chi connectivity index (χ1v) is 21.2. The molecule has 1 saturated heterocycles. The van der Waals surface area contributed by atoms with Crippen LogP contribution in [-0.2, 0) is 28.9 Å². The van der Waals surface area contributed by atoms with E-state index in [1.54, 1.807) is 6.08 Å². The number of aliphatic hydroxyl groups is 5. The molecule has 1 fully saturated rings. The minimum absolute atomic E-state index is 0.235.